The van der Waals surface area contributed by atoms with Gasteiger partial charge in [-0.3, -0.25) is 19.6 Å². The summed E-state index contributed by atoms with van der Waals surface area (Å²) in [5, 5.41) is 0.697. The van der Waals surface area contributed by atoms with Crippen LogP contribution < -0.4 is 0 Å². The molecule has 48 heavy (non-hydrogen) atoms. The first-order valence-corrected chi connectivity index (χ1v) is 17.7. The number of hydrogen-bond donors (Lipinski definition) is 0. The molecule has 252 valence electrons. The first kappa shape index (κ1) is 34.1. The van der Waals surface area contributed by atoms with Crippen LogP contribution in [0.15, 0.2) is 84.0 Å². The molecule has 2 amide bonds. The molecule has 2 aromatic heterocycles. The third kappa shape index (κ3) is 8.10. The summed E-state index contributed by atoms with van der Waals surface area (Å²) in [6, 6.07) is 17.2. The smallest absolute Gasteiger partial charge is 0.411 e. The fraction of sp³-hybridized carbons (Fsp3) is 0.405. The fourth-order valence-corrected chi connectivity index (χ4v) is 7.29. The number of amides is 2. The van der Waals surface area contributed by atoms with Crippen LogP contribution in [0.25, 0.3) is 0 Å². The van der Waals surface area contributed by atoms with Crippen molar-refractivity contribution < 1.29 is 14.3 Å². The molecular formula is C37H42BrClN6O3. The summed E-state index contributed by atoms with van der Waals surface area (Å²) in [6.45, 7) is 8.45. The number of aromatic nitrogens is 3. The van der Waals surface area contributed by atoms with E-state index in [2.05, 4.69) is 37.9 Å². The molecule has 2 aliphatic rings. The van der Waals surface area contributed by atoms with Crippen LogP contribution in [0.3, 0.4) is 0 Å². The maximum Gasteiger partial charge on any atom is 0.411 e. The first-order valence-electron chi connectivity index (χ1n) is 16.5. The number of aryl methyl sites for hydroxylation is 3. The average molecular weight is 734 g/mol. The van der Waals surface area contributed by atoms with Crippen molar-refractivity contribution in [2.24, 2.45) is 0 Å². The quantitative estimate of drug-likeness (QED) is 0.196. The molecule has 6 rings (SSSR count). The van der Waals surface area contributed by atoms with E-state index in [1.807, 2.05) is 85.1 Å². The van der Waals surface area contributed by atoms with Crippen molar-refractivity contribution >= 4 is 39.5 Å². The molecular weight excluding hydrogens is 692 g/mol. The van der Waals surface area contributed by atoms with Crippen molar-refractivity contribution in [2.45, 2.75) is 70.8 Å². The highest BCUT2D eigenvalue weighted by Gasteiger charge is 2.43. The van der Waals surface area contributed by atoms with Gasteiger partial charge >= 0.3 is 6.09 Å². The number of rotatable bonds is 8. The molecule has 0 saturated carbocycles. The molecule has 2 atom stereocenters. The summed E-state index contributed by atoms with van der Waals surface area (Å²) < 4.78 is 8.82. The molecule has 0 radical (unpaired) electrons. The fourth-order valence-electron chi connectivity index (χ4n) is 6.72. The maximum atomic E-state index is 14.8. The Balaban J connectivity index is 1.36. The Labute approximate surface area is 296 Å². The zero-order valence-electron chi connectivity index (χ0n) is 27.7. The van der Waals surface area contributed by atoms with Crippen molar-refractivity contribution in [1.29, 1.82) is 0 Å². The standard InChI is InChI=1S/C37H42BrClN6O3/c1-37(2,3)48-36(47)45-19-18-43(34-31-13-12-30(39)21-27(31)10-11-28-20-29(38)22-41-33(28)34)24-32(45)35(46)44(23-26-8-5-4-6-9-26)16-7-15-42-17-14-40-25-42/h4-6,8-9,12-14,17,20-22,25,32,34H,7,10-11,15-16,18-19,23-24H2,1-3H3/t32?,34-/m0/s1. The predicted molar refractivity (Wildman–Crippen MR) is 190 cm³/mol. The van der Waals surface area contributed by atoms with Crippen LogP contribution >= 0.6 is 27.5 Å². The second-order valence-corrected chi connectivity index (χ2v) is 14.9. The Hall–Kier alpha value is -3.73. The zero-order chi connectivity index (χ0) is 33.8. The molecule has 1 aliphatic carbocycles. The van der Waals surface area contributed by atoms with E-state index in [-0.39, 0.29) is 11.9 Å². The molecule has 3 heterocycles. The van der Waals surface area contributed by atoms with Crippen LogP contribution in [0.2, 0.25) is 5.02 Å². The van der Waals surface area contributed by atoms with E-state index in [0.717, 1.165) is 52.7 Å². The van der Waals surface area contributed by atoms with Crippen molar-refractivity contribution in [1.82, 2.24) is 29.2 Å². The Kier molecular flexibility index (Phi) is 10.5. The van der Waals surface area contributed by atoms with Gasteiger partial charge in [0.15, 0.2) is 0 Å². The lowest BCUT2D eigenvalue weighted by Crippen LogP contribution is -2.62. The van der Waals surface area contributed by atoms with E-state index in [4.69, 9.17) is 21.3 Å². The minimum Gasteiger partial charge on any atom is -0.444 e. The number of ether oxygens (including phenoxy) is 1. The molecule has 1 fully saturated rings. The Morgan fingerprint density at radius 2 is 1.85 bits per heavy atom. The molecule has 11 heteroatoms. The highest BCUT2D eigenvalue weighted by atomic mass is 79.9. The summed E-state index contributed by atoms with van der Waals surface area (Å²) in [7, 11) is 0. The molecule has 1 aliphatic heterocycles. The number of carbonyl (C=O) groups is 2. The van der Waals surface area contributed by atoms with Gasteiger partial charge in [0.25, 0.3) is 0 Å². The van der Waals surface area contributed by atoms with E-state index in [1.165, 1.54) is 5.56 Å². The van der Waals surface area contributed by atoms with Gasteiger partial charge in [0.1, 0.15) is 11.6 Å². The van der Waals surface area contributed by atoms with E-state index in [9.17, 15) is 9.59 Å². The van der Waals surface area contributed by atoms with Gasteiger partial charge in [-0.2, -0.15) is 0 Å². The van der Waals surface area contributed by atoms with Crippen molar-refractivity contribution in [3.8, 4) is 0 Å². The van der Waals surface area contributed by atoms with Crippen molar-refractivity contribution in [3.05, 3.63) is 117 Å². The van der Waals surface area contributed by atoms with E-state index >= 15 is 0 Å². The number of piperazine rings is 1. The summed E-state index contributed by atoms with van der Waals surface area (Å²) in [4.78, 5) is 43.6. The molecule has 0 N–H and O–H groups in total. The number of nitrogens with zero attached hydrogens (tertiary/aromatic N) is 6. The number of pyridine rings is 1. The van der Waals surface area contributed by atoms with Crippen LogP contribution in [-0.4, -0.2) is 79.1 Å². The Morgan fingerprint density at radius 3 is 2.60 bits per heavy atom. The van der Waals surface area contributed by atoms with Gasteiger partial charge in [-0.05, 0) is 96.4 Å². The molecule has 1 saturated heterocycles. The topological polar surface area (TPSA) is 83.8 Å². The maximum absolute atomic E-state index is 14.8. The highest BCUT2D eigenvalue weighted by molar-refractivity contribution is 9.10. The minimum atomic E-state index is -0.761. The van der Waals surface area contributed by atoms with Crippen molar-refractivity contribution in [3.63, 3.8) is 0 Å². The number of fused-ring (bicyclic) bond motifs is 2. The number of halogens is 2. The van der Waals surface area contributed by atoms with Crippen LogP contribution in [0.1, 0.15) is 61.2 Å². The number of imidazole rings is 1. The summed E-state index contributed by atoms with van der Waals surface area (Å²) in [6.07, 6.45) is 9.23. The van der Waals surface area contributed by atoms with Crippen molar-refractivity contribution in [2.75, 3.05) is 26.2 Å². The largest absolute Gasteiger partial charge is 0.444 e. The second-order valence-electron chi connectivity index (χ2n) is 13.5. The average Bonchev–Trinajstić information content (AvgIpc) is 3.52. The van der Waals surface area contributed by atoms with Gasteiger partial charge < -0.3 is 14.2 Å². The molecule has 4 aromatic rings. The lowest BCUT2D eigenvalue weighted by Gasteiger charge is -2.45. The minimum absolute atomic E-state index is 0.103. The SMILES string of the molecule is CC(C)(C)OC(=O)N1CCN([C@H]2c3ccc(Cl)cc3CCc3cc(Br)cnc32)CC1C(=O)N(CCCn1ccnc1)Cc1ccccc1. The molecule has 0 spiro atoms. The normalized spacial score (nSPS) is 18.1. The van der Waals surface area contributed by atoms with Gasteiger partial charge in [0, 0.05) is 67.4 Å². The van der Waals surface area contributed by atoms with E-state index in [0.29, 0.717) is 37.7 Å². The Bertz CT molecular complexity index is 1680. The number of benzene rings is 2. The van der Waals surface area contributed by atoms with E-state index < -0.39 is 17.7 Å². The highest BCUT2D eigenvalue weighted by Crippen LogP contribution is 2.39. The van der Waals surface area contributed by atoms with Crippen LogP contribution in [-0.2, 0) is 35.5 Å². The first-order chi connectivity index (χ1) is 23.1. The molecule has 1 unspecified atom stereocenters. The third-order valence-corrected chi connectivity index (χ3v) is 9.58. The Morgan fingerprint density at radius 1 is 1.06 bits per heavy atom. The monoisotopic (exact) mass is 732 g/mol. The molecule has 9 nitrogen and oxygen atoms in total. The predicted octanol–water partition coefficient (Wildman–Crippen LogP) is 6.92. The van der Waals surface area contributed by atoms with Crippen LogP contribution in [0.5, 0.6) is 0 Å². The molecule has 0 bridgehead atoms. The summed E-state index contributed by atoms with van der Waals surface area (Å²) in [5.74, 6) is -0.103. The number of hydrogen-bond acceptors (Lipinski definition) is 6. The zero-order valence-corrected chi connectivity index (χ0v) is 30.0. The van der Waals surface area contributed by atoms with Gasteiger partial charge in [0.2, 0.25) is 5.91 Å². The van der Waals surface area contributed by atoms with Crippen LogP contribution in [0, 0.1) is 0 Å². The molecule has 2 aromatic carbocycles. The summed E-state index contributed by atoms with van der Waals surface area (Å²) in [5.41, 5.74) is 4.76. The van der Waals surface area contributed by atoms with Crippen LogP contribution in [0.4, 0.5) is 4.79 Å². The van der Waals surface area contributed by atoms with Gasteiger partial charge in [-0.25, -0.2) is 9.78 Å². The lowest BCUT2D eigenvalue weighted by molar-refractivity contribution is -0.140. The lowest BCUT2D eigenvalue weighted by atomic mass is 9.95. The van der Waals surface area contributed by atoms with Gasteiger partial charge in [-0.15, -0.1) is 0 Å². The second kappa shape index (κ2) is 14.8. The van der Waals surface area contributed by atoms with Gasteiger partial charge in [0.05, 0.1) is 18.1 Å². The van der Waals surface area contributed by atoms with E-state index in [1.54, 1.807) is 17.4 Å². The van der Waals surface area contributed by atoms with Gasteiger partial charge in [-0.1, -0.05) is 48.0 Å². The third-order valence-electron chi connectivity index (χ3n) is 8.91. The number of carbonyl (C=O) groups excluding carboxylic acids is 2. The summed E-state index contributed by atoms with van der Waals surface area (Å²) >= 11 is 10.1.